The summed E-state index contributed by atoms with van der Waals surface area (Å²) < 4.78 is 0. The first-order valence-corrected chi connectivity index (χ1v) is 13.1. The van der Waals surface area contributed by atoms with E-state index in [9.17, 15) is 9.59 Å². The van der Waals surface area contributed by atoms with Crippen molar-refractivity contribution in [3.63, 3.8) is 0 Å². The maximum Gasteiger partial charge on any atom is 0.335 e. The highest BCUT2D eigenvalue weighted by atomic mass is 16.4. The molecule has 1 aliphatic rings. The predicted octanol–water partition coefficient (Wildman–Crippen LogP) is 5.94. The van der Waals surface area contributed by atoms with Gasteiger partial charge < -0.3 is 20.2 Å². The molecule has 1 saturated heterocycles. The molecule has 0 saturated carbocycles. The molecule has 6 heteroatoms. The number of piperazine rings is 1. The number of aromatic carboxylic acids is 1. The predicted molar refractivity (Wildman–Crippen MR) is 155 cm³/mol. The van der Waals surface area contributed by atoms with E-state index in [2.05, 4.69) is 55.1 Å². The summed E-state index contributed by atoms with van der Waals surface area (Å²) in [6.45, 7) is 11.0. The van der Waals surface area contributed by atoms with Gasteiger partial charge in [-0.2, -0.15) is 0 Å². The molecule has 2 N–H and O–H groups in total. The highest BCUT2D eigenvalue weighted by Gasteiger charge is 2.26. The van der Waals surface area contributed by atoms with Crippen molar-refractivity contribution in [2.75, 3.05) is 43.4 Å². The number of nitrogens with one attached hydrogen (secondary N) is 1. The fraction of sp³-hybridized carbons (Fsp3) is 0.312. The van der Waals surface area contributed by atoms with Gasteiger partial charge in [0.25, 0.3) is 0 Å². The summed E-state index contributed by atoms with van der Waals surface area (Å²) in [5.41, 5.74) is 5.90. The van der Waals surface area contributed by atoms with Crippen molar-refractivity contribution in [1.82, 2.24) is 4.90 Å². The lowest BCUT2D eigenvalue weighted by Gasteiger charge is -2.37. The van der Waals surface area contributed by atoms with E-state index >= 15 is 0 Å². The third-order valence-electron chi connectivity index (χ3n) is 6.95. The number of anilines is 2. The van der Waals surface area contributed by atoms with E-state index in [1.165, 1.54) is 5.56 Å². The Morgan fingerprint density at radius 3 is 2.18 bits per heavy atom. The van der Waals surface area contributed by atoms with Crippen molar-refractivity contribution in [2.45, 2.75) is 32.7 Å². The first kappa shape index (κ1) is 27.1. The normalized spacial score (nSPS) is 14.6. The monoisotopic (exact) mass is 511 g/mol. The summed E-state index contributed by atoms with van der Waals surface area (Å²) in [4.78, 5) is 29.3. The van der Waals surface area contributed by atoms with E-state index < -0.39 is 5.97 Å². The molecule has 0 spiro atoms. The van der Waals surface area contributed by atoms with Crippen LogP contribution in [0.3, 0.4) is 0 Å². The Kier molecular flexibility index (Phi) is 8.32. The van der Waals surface area contributed by atoms with Gasteiger partial charge in [0.1, 0.15) is 0 Å². The summed E-state index contributed by atoms with van der Waals surface area (Å²) in [6.07, 6.45) is 3.31. The van der Waals surface area contributed by atoms with Crippen molar-refractivity contribution in [1.29, 1.82) is 0 Å². The molecule has 0 amide bonds. The smallest absolute Gasteiger partial charge is 0.335 e. The van der Waals surface area contributed by atoms with E-state index in [1.807, 2.05) is 30.3 Å². The van der Waals surface area contributed by atoms with E-state index in [0.29, 0.717) is 12.1 Å². The van der Waals surface area contributed by atoms with Crippen LogP contribution in [0.15, 0.2) is 72.8 Å². The minimum absolute atomic E-state index is 0.0807. The SMILES string of the molecule is CN1CCN(c2cc(C(=O)C=Cc3ccc(C(=O)O)cc3)cc(C(C)(C)C)c2NCc2ccccc2)CC1. The van der Waals surface area contributed by atoms with Crippen LogP contribution in [0.1, 0.15) is 58.2 Å². The molecular formula is C32H37N3O3. The molecule has 0 unspecified atom stereocenters. The average Bonchev–Trinajstić information content (AvgIpc) is 2.91. The molecule has 38 heavy (non-hydrogen) atoms. The molecule has 0 radical (unpaired) electrons. The van der Waals surface area contributed by atoms with Crippen molar-refractivity contribution < 1.29 is 14.7 Å². The van der Waals surface area contributed by atoms with Crippen molar-refractivity contribution in [3.8, 4) is 0 Å². The molecule has 4 rings (SSSR count). The van der Waals surface area contributed by atoms with Gasteiger partial charge >= 0.3 is 5.97 Å². The average molecular weight is 512 g/mol. The highest BCUT2D eigenvalue weighted by molar-refractivity contribution is 6.08. The van der Waals surface area contributed by atoms with Gasteiger partial charge in [-0.3, -0.25) is 4.79 Å². The van der Waals surface area contributed by atoms with Gasteiger partial charge in [-0.1, -0.05) is 69.3 Å². The molecule has 198 valence electrons. The van der Waals surface area contributed by atoms with Gasteiger partial charge in [-0.05, 0) is 59.5 Å². The van der Waals surface area contributed by atoms with Gasteiger partial charge in [-0.15, -0.1) is 0 Å². The van der Waals surface area contributed by atoms with Crippen LogP contribution in [-0.4, -0.2) is 55.0 Å². The minimum atomic E-state index is -0.969. The second-order valence-electron chi connectivity index (χ2n) is 10.9. The van der Waals surface area contributed by atoms with Crippen molar-refractivity contribution >= 4 is 29.2 Å². The van der Waals surface area contributed by atoms with E-state index in [0.717, 1.165) is 48.7 Å². The number of rotatable bonds is 8. The second kappa shape index (κ2) is 11.7. The van der Waals surface area contributed by atoms with Crippen LogP contribution < -0.4 is 10.2 Å². The quantitative estimate of drug-likeness (QED) is 0.288. The largest absolute Gasteiger partial charge is 0.478 e. The van der Waals surface area contributed by atoms with E-state index in [4.69, 9.17) is 5.11 Å². The fourth-order valence-corrected chi connectivity index (χ4v) is 4.63. The zero-order chi connectivity index (χ0) is 27.3. The molecule has 3 aromatic carbocycles. The Labute approximate surface area is 225 Å². The molecule has 0 bridgehead atoms. The van der Waals surface area contributed by atoms with Crippen LogP contribution in [0.25, 0.3) is 6.08 Å². The number of likely N-dealkylation sites (N-methyl/N-ethyl adjacent to an activating group) is 1. The number of carbonyl (C=O) groups is 2. The second-order valence-corrected chi connectivity index (χ2v) is 10.9. The van der Waals surface area contributed by atoms with Crippen LogP contribution >= 0.6 is 0 Å². The fourth-order valence-electron chi connectivity index (χ4n) is 4.63. The number of ketones is 1. The van der Waals surface area contributed by atoms with Crippen LogP contribution in [-0.2, 0) is 12.0 Å². The Hall–Kier alpha value is -3.90. The Morgan fingerprint density at radius 1 is 0.921 bits per heavy atom. The van der Waals surface area contributed by atoms with Gasteiger partial charge in [0, 0.05) is 38.3 Å². The Morgan fingerprint density at radius 2 is 1.58 bits per heavy atom. The van der Waals surface area contributed by atoms with Crippen LogP contribution in [0.2, 0.25) is 0 Å². The zero-order valence-corrected chi connectivity index (χ0v) is 22.7. The summed E-state index contributed by atoms with van der Waals surface area (Å²) in [7, 11) is 2.14. The number of carbonyl (C=O) groups excluding carboxylic acids is 1. The third-order valence-corrected chi connectivity index (χ3v) is 6.95. The van der Waals surface area contributed by atoms with Gasteiger partial charge in [-0.25, -0.2) is 4.79 Å². The number of nitrogens with zero attached hydrogens (tertiary/aromatic N) is 2. The molecule has 1 fully saturated rings. The first-order chi connectivity index (χ1) is 18.1. The summed E-state index contributed by atoms with van der Waals surface area (Å²) in [6, 6.07) is 20.9. The third kappa shape index (κ3) is 6.69. The molecule has 1 heterocycles. The van der Waals surface area contributed by atoms with Crippen LogP contribution in [0, 0.1) is 0 Å². The topological polar surface area (TPSA) is 72.9 Å². The summed E-state index contributed by atoms with van der Waals surface area (Å²) in [5, 5.41) is 12.8. The number of carboxylic acid groups (broad SMARTS) is 1. The maximum absolute atomic E-state index is 13.4. The Bertz CT molecular complexity index is 1300. The molecule has 0 aromatic heterocycles. The molecule has 0 aliphatic carbocycles. The molecule has 6 nitrogen and oxygen atoms in total. The minimum Gasteiger partial charge on any atom is -0.478 e. The number of allylic oxidation sites excluding steroid dienone is 1. The maximum atomic E-state index is 13.4. The lowest BCUT2D eigenvalue weighted by Crippen LogP contribution is -2.45. The van der Waals surface area contributed by atoms with Crippen LogP contribution in [0.5, 0.6) is 0 Å². The standard InChI is InChI=1S/C32H37N3O3/c1-32(2,3)27-20-26(29(36)15-12-23-10-13-25(14-11-23)31(37)38)21-28(35-18-16-34(4)17-19-35)30(27)33-22-24-8-6-5-7-9-24/h5-15,20-21,33H,16-19,22H2,1-4H3,(H,37,38). The van der Waals surface area contributed by atoms with E-state index in [1.54, 1.807) is 36.4 Å². The zero-order valence-electron chi connectivity index (χ0n) is 22.7. The lowest BCUT2D eigenvalue weighted by molar-refractivity contribution is 0.0696. The molecular weight excluding hydrogens is 474 g/mol. The lowest BCUT2D eigenvalue weighted by atomic mass is 9.83. The van der Waals surface area contributed by atoms with Gasteiger partial charge in [0.15, 0.2) is 5.78 Å². The molecule has 0 atom stereocenters. The van der Waals surface area contributed by atoms with E-state index in [-0.39, 0.29) is 16.8 Å². The molecule has 3 aromatic rings. The summed E-state index contributed by atoms with van der Waals surface area (Å²) >= 11 is 0. The number of hydrogen-bond donors (Lipinski definition) is 2. The first-order valence-electron chi connectivity index (χ1n) is 13.1. The molecule has 1 aliphatic heterocycles. The summed E-state index contributed by atoms with van der Waals surface area (Å²) in [5.74, 6) is -1.05. The highest BCUT2D eigenvalue weighted by Crippen LogP contribution is 2.39. The number of benzene rings is 3. The van der Waals surface area contributed by atoms with Gasteiger partial charge in [0.2, 0.25) is 0 Å². The number of hydrogen-bond acceptors (Lipinski definition) is 5. The number of carboxylic acids is 1. The van der Waals surface area contributed by atoms with Crippen LogP contribution in [0.4, 0.5) is 11.4 Å². The Balaban J connectivity index is 1.71. The van der Waals surface area contributed by atoms with Crippen molar-refractivity contribution in [2.24, 2.45) is 0 Å². The van der Waals surface area contributed by atoms with Gasteiger partial charge in [0.05, 0.1) is 16.9 Å². The van der Waals surface area contributed by atoms with Crippen molar-refractivity contribution in [3.05, 3.63) is 101 Å².